The third kappa shape index (κ3) is 4.45. The minimum absolute atomic E-state index is 0.0117. The molecule has 3 nitrogen and oxygen atoms in total. The Bertz CT molecular complexity index is 364. The topological polar surface area (TPSA) is 46.5 Å². The number of aliphatic hydroxyl groups excluding tert-OH is 1. The summed E-state index contributed by atoms with van der Waals surface area (Å²) >= 11 is 0. The molecule has 3 heteroatoms. The molecule has 0 aromatic heterocycles. The molecule has 0 aliphatic rings. The average Bonchev–Trinajstić information content (AvgIpc) is 2.15. The van der Waals surface area contributed by atoms with E-state index < -0.39 is 5.60 Å². The molecule has 1 rings (SSSR count). The molecule has 0 saturated heterocycles. The van der Waals surface area contributed by atoms with Crippen LogP contribution in [0.4, 0.5) is 0 Å². The van der Waals surface area contributed by atoms with E-state index in [0.29, 0.717) is 0 Å². The lowest BCUT2D eigenvalue weighted by atomic mass is 10.1. The summed E-state index contributed by atoms with van der Waals surface area (Å²) in [6, 6.07) is 7.30. The highest BCUT2D eigenvalue weighted by molar-refractivity contribution is 5.73. The zero-order chi connectivity index (χ0) is 12.2. The first kappa shape index (κ1) is 12.7. The van der Waals surface area contributed by atoms with Crippen LogP contribution < -0.4 is 0 Å². The number of ether oxygens (including phenoxy) is 1. The van der Waals surface area contributed by atoms with Crippen LogP contribution >= 0.6 is 0 Å². The zero-order valence-corrected chi connectivity index (χ0v) is 9.99. The number of benzene rings is 1. The van der Waals surface area contributed by atoms with Crippen LogP contribution in [0.1, 0.15) is 31.9 Å². The lowest BCUT2D eigenvalue weighted by Crippen LogP contribution is -2.24. The van der Waals surface area contributed by atoms with Crippen LogP contribution in [0, 0.1) is 0 Å². The van der Waals surface area contributed by atoms with E-state index in [1.54, 1.807) is 0 Å². The number of esters is 1. The van der Waals surface area contributed by atoms with Crippen LogP contribution in [0.3, 0.4) is 0 Å². The number of carbonyl (C=O) groups is 1. The predicted octanol–water partition coefficient (Wildman–Crippen LogP) is 2.06. The summed E-state index contributed by atoms with van der Waals surface area (Å²) in [5, 5.41) is 8.97. The quantitative estimate of drug-likeness (QED) is 0.796. The molecule has 0 atom stereocenters. The Morgan fingerprint density at radius 3 is 2.50 bits per heavy atom. The summed E-state index contributed by atoms with van der Waals surface area (Å²) in [6.07, 6.45) is 0.241. The van der Waals surface area contributed by atoms with E-state index in [9.17, 15) is 4.79 Å². The van der Waals surface area contributed by atoms with E-state index in [-0.39, 0.29) is 19.0 Å². The second-order valence-electron chi connectivity index (χ2n) is 4.74. The molecule has 0 amide bonds. The van der Waals surface area contributed by atoms with Crippen molar-refractivity contribution in [1.82, 2.24) is 0 Å². The van der Waals surface area contributed by atoms with Gasteiger partial charge in [-0.05, 0) is 31.9 Å². The molecule has 0 bridgehead atoms. The molecule has 0 heterocycles. The van der Waals surface area contributed by atoms with Gasteiger partial charge in [-0.1, -0.05) is 24.3 Å². The first-order valence-electron chi connectivity index (χ1n) is 5.31. The van der Waals surface area contributed by atoms with E-state index in [0.717, 1.165) is 11.1 Å². The van der Waals surface area contributed by atoms with Crippen molar-refractivity contribution < 1.29 is 14.6 Å². The lowest BCUT2D eigenvalue weighted by molar-refractivity contribution is -0.153. The van der Waals surface area contributed by atoms with Gasteiger partial charge in [0.15, 0.2) is 0 Å². The second-order valence-corrected chi connectivity index (χ2v) is 4.74. The number of rotatable bonds is 3. The largest absolute Gasteiger partial charge is 0.460 e. The predicted molar refractivity (Wildman–Crippen MR) is 61.9 cm³/mol. The maximum atomic E-state index is 11.5. The molecule has 0 spiro atoms. The zero-order valence-electron chi connectivity index (χ0n) is 9.99. The minimum atomic E-state index is -0.453. The fraction of sp³-hybridized carbons (Fsp3) is 0.462. The highest BCUT2D eigenvalue weighted by atomic mass is 16.6. The SMILES string of the molecule is CC(C)(C)OC(=O)Cc1cccc(CO)c1. The number of carbonyl (C=O) groups excluding carboxylic acids is 1. The maximum absolute atomic E-state index is 11.5. The van der Waals surface area contributed by atoms with Gasteiger partial charge in [0.1, 0.15) is 5.60 Å². The van der Waals surface area contributed by atoms with Crippen LogP contribution in [0.15, 0.2) is 24.3 Å². The number of hydrogen-bond donors (Lipinski definition) is 1. The molecule has 0 aliphatic carbocycles. The summed E-state index contributed by atoms with van der Waals surface area (Å²) in [5.41, 5.74) is 1.22. The summed E-state index contributed by atoms with van der Waals surface area (Å²) in [7, 11) is 0. The third-order valence-corrected chi connectivity index (χ3v) is 1.94. The van der Waals surface area contributed by atoms with Gasteiger partial charge in [0, 0.05) is 0 Å². The molecule has 1 N–H and O–H groups in total. The van der Waals surface area contributed by atoms with Gasteiger partial charge >= 0.3 is 5.97 Å². The van der Waals surface area contributed by atoms with Gasteiger partial charge in [-0.15, -0.1) is 0 Å². The molecule has 0 radical (unpaired) electrons. The van der Waals surface area contributed by atoms with Crippen molar-refractivity contribution >= 4 is 5.97 Å². The molecular weight excluding hydrogens is 204 g/mol. The van der Waals surface area contributed by atoms with E-state index in [4.69, 9.17) is 9.84 Å². The van der Waals surface area contributed by atoms with Crippen LogP contribution in [0.2, 0.25) is 0 Å². The van der Waals surface area contributed by atoms with Crippen molar-refractivity contribution in [2.75, 3.05) is 0 Å². The number of hydrogen-bond acceptors (Lipinski definition) is 3. The van der Waals surface area contributed by atoms with Crippen molar-refractivity contribution in [2.45, 2.75) is 39.4 Å². The van der Waals surface area contributed by atoms with Crippen molar-refractivity contribution in [3.8, 4) is 0 Å². The Labute approximate surface area is 96.1 Å². The Balaban J connectivity index is 2.62. The molecule has 1 aromatic rings. The lowest BCUT2D eigenvalue weighted by Gasteiger charge is -2.19. The van der Waals surface area contributed by atoms with Gasteiger partial charge in [0.05, 0.1) is 13.0 Å². The van der Waals surface area contributed by atoms with Crippen molar-refractivity contribution in [2.24, 2.45) is 0 Å². The van der Waals surface area contributed by atoms with Crippen LogP contribution in [0.25, 0.3) is 0 Å². The van der Waals surface area contributed by atoms with E-state index >= 15 is 0 Å². The third-order valence-electron chi connectivity index (χ3n) is 1.94. The first-order valence-corrected chi connectivity index (χ1v) is 5.31. The molecule has 1 aromatic carbocycles. The molecule has 88 valence electrons. The molecule has 0 aliphatic heterocycles. The second kappa shape index (κ2) is 5.12. The normalized spacial score (nSPS) is 11.2. The highest BCUT2D eigenvalue weighted by Gasteiger charge is 2.16. The monoisotopic (exact) mass is 222 g/mol. The van der Waals surface area contributed by atoms with Gasteiger partial charge in [0.2, 0.25) is 0 Å². The van der Waals surface area contributed by atoms with Gasteiger partial charge in [0.25, 0.3) is 0 Å². The summed E-state index contributed by atoms with van der Waals surface area (Å²) in [4.78, 5) is 11.5. The maximum Gasteiger partial charge on any atom is 0.310 e. The Morgan fingerprint density at radius 1 is 1.31 bits per heavy atom. The van der Waals surface area contributed by atoms with E-state index in [2.05, 4.69) is 0 Å². The fourth-order valence-electron chi connectivity index (χ4n) is 1.38. The van der Waals surface area contributed by atoms with Crippen molar-refractivity contribution in [3.05, 3.63) is 35.4 Å². The van der Waals surface area contributed by atoms with Gasteiger partial charge in [-0.2, -0.15) is 0 Å². The molecule has 0 unspecified atom stereocenters. The van der Waals surface area contributed by atoms with Gasteiger partial charge in [-0.25, -0.2) is 0 Å². The smallest absolute Gasteiger partial charge is 0.310 e. The molecular formula is C13H18O3. The van der Waals surface area contributed by atoms with Gasteiger partial charge < -0.3 is 9.84 Å². The van der Waals surface area contributed by atoms with Gasteiger partial charge in [-0.3, -0.25) is 4.79 Å². The van der Waals surface area contributed by atoms with Crippen LogP contribution in [-0.4, -0.2) is 16.7 Å². The van der Waals surface area contributed by atoms with Crippen molar-refractivity contribution in [3.63, 3.8) is 0 Å². The summed E-state index contributed by atoms with van der Waals surface area (Å²) in [5.74, 6) is -0.248. The Kier molecular flexibility index (Phi) is 4.07. The van der Waals surface area contributed by atoms with E-state index in [1.807, 2.05) is 45.0 Å². The molecule has 0 fully saturated rings. The van der Waals surface area contributed by atoms with Crippen LogP contribution in [-0.2, 0) is 22.6 Å². The minimum Gasteiger partial charge on any atom is -0.460 e. The van der Waals surface area contributed by atoms with Crippen LogP contribution in [0.5, 0.6) is 0 Å². The highest BCUT2D eigenvalue weighted by Crippen LogP contribution is 2.11. The average molecular weight is 222 g/mol. The Hall–Kier alpha value is -1.35. The molecule has 16 heavy (non-hydrogen) atoms. The fourth-order valence-corrected chi connectivity index (χ4v) is 1.38. The first-order chi connectivity index (χ1) is 7.40. The number of aliphatic hydroxyl groups is 1. The summed E-state index contributed by atoms with van der Waals surface area (Å²) < 4.78 is 5.21. The summed E-state index contributed by atoms with van der Waals surface area (Å²) in [6.45, 7) is 5.52. The van der Waals surface area contributed by atoms with E-state index in [1.165, 1.54) is 0 Å². The van der Waals surface area contributed by atoms with Crippen molar-refractivity contribution in [1.29, 1.82) is 0 Å². The molecule has 0 saturated carbocycles. The Morgan fingerprint density at radius 2 is 1.94 bits per heavy atom. The standard InChI is InChI=1S/C13H18O3/c1-13(2,3)16-12(15)8-10-5-4-6-11(7-10)9-14/h4-7,14H,8-9H2,1-3H3.